The number of morpholine rings is 1. The van der Waals surface area contributed by atoms with Crippen molar-refractivity contribution in [1.29, 1.82) is 0 Å². The maximum Gasteiger partial charge on any atom is 0.306 e. The molecule has 0 saturated carbocycles. The first kappa shape index (κ1) is 16.4. The molecule has 0 N–H and O–H groups in total. The van der Waals surface area contributed by atoms with Gasteiger partial charge in [-0.25, -0.2) is 0 Å². The van der Waals surface area contributed by atoms with Crippen molar-refractivity contribution < 1.29 is 14.5 Å². The first-order chi connectivity index (χ1) is 10.5. The molecule has 1 amide bonds. The summed E-state index contributed by atoms with van der Waals surface area (Å²) in [6, 6.07) is 0.119. The van der Waals surface area contributed by atoms with Crippen molar-refractivity contribution >= 4 is 11.6 Å². The first-order valence-corrected chi connectivity index (χ1v) is 7.51. The van der Waals surface area contributed by atoms with E-state index in [4.69, 9.17) is 4.74 Å². The van der Waals surface area contributed by atoms with Crippen LogP contribution >= 0.6 is 0 Å². The molecule has 1 fully saturated rings. The zero-order chi connectivity index (χ0) is 16.1. The lowest BCUT2D eigenvalue weighted by atomic mass is 10.0. The number of carbonyl (C=O) groups excluding carboxylic acids is 1. The van der Waals surface area contributed by atoms with E-state index < -0.39 is 4.92 Å². The molecule has 22 heavy (non-hydrogen) atoms. The lowest BCUT2D eigenvalue weighted by Crippen LogP contribution is -2.49. The maximum absolute atomic E-state index is 12.4. The number of hydrogen-bond donors (Lipinski definition) is 0. The van der Waals surface area contributed by atoms with Crippen LogP contribution in [0.4, 0.5) is 5.69 Å². The molecule has 0 aromatic carbocycles. The van der Waals surface area contributed by atoms with Gasteiger partial charge in [0.2, 0.25) is 5.91 Å². The summed E-state index contributed by atoms with van der Waals surface area (Å²) in [5.74, 6) is 0.544. The molecule has 0 aliphatic carbocycles. The van der Waals surface area contributed by atoms with E-state index in [1.54, 1.807) is 0 Å². The molecule has 0 radical (unpaired) electrons. The molecule has 1 aromatic rings. The van der Waals surface area contributed by atoms with Crippen LogP contribution in [0.2, 0.25) is 0 Å². The minimum atomic E-state index is -0.494. The Morgan fingerprint density at radius 2 is 2.36 bits per heavy atom. The number of rotatable bonds is 6. The SMILES string of the molecule is CC(C)C[C@@H]1COCCN1C(=O)CCn1cc([N+](=O)[O-])cn1. The molecule has 1 atom stereocenters. The van der Waals surface area contributed by atoms with Crippen LogP contribution < -0.4 is 0 Å². The summed E-state index contributed by atoms with van der Waals surface area (Å²) in [6.07, 6.45) is 3.74. The van der Waals surface area contributed by atoms with Gasteiger partial charge in [-0.05, 0) is 12.3 Å². The van der Waals surface area contributed by atoms with E-state index in [0.717, 1.165) is 6.42 Å². The van der Waals surface area contributed by atoms with Crippen molar-refractivity contribution in [2.24, 2.45) is 5.92 Å². The Bertz CT molecular complexity index is 529. The van der Waals surface area contributed by atoms with Gasteiger partial charge < -0.3 is 9.64 Å². The fraction of sp³-hybridized carbons (Fsp3) is 0.714. The van der Waals surface area contributed by atoms with E-state index in [0.29, 0.717) is 32.2 Å². The Morgan fingerprint density at radius 1 is 1.59 bits per heavy atom. The van der Waals surface area contributed by atoms with Gasteiger partial charge in [-0.15, -0.1) is 0 Å². The zero-order valence-corrected chi connectivity index (χ0v) is 13.0. The van der Waals surface area contributed by atoms with Crippen LogP contribution in [-0.4, -0.2) is 51.3 Å². The van der Waals surface area contributed by atoms with E-state index in [1.807, 2.05) is 4.90 Å². The highest BCUT2D eigenvalue weighted by Gasteiger charge is 2.27. The van der Waals surface area contributed by atoms with Crippen molar-refractivity contribution in [2.75, 3.05) is 19.8 Å². The number of hydrogen-bond acceptors (Lipinski definition) is 5. The minimum absolute atomic E-state index is 0.0482. The summed E-state index contributed by atoms with van der Waals surface area (Å²) in [6.45, 7) is 6.35. The Kier molecular flexibility index (Phi) is 5.48. The number of nitrogens with zero attached hydrogens (tertiary/aromatic N) is 4. The van der Waals surface area contributed by atoms with Crippen LogP contribution in [0.15, 0.2) is 12.4 Å². The molecule has 122 valence electrons. The fourth-order valence-electron chi connectivity index (χ4n) is 2.65. The summed E-state index contributed by atoms with van der Waals surface area (Å²) in [5.41, 5.74) is -0.0588. The van der Waals surface area contributed by atoms with Gasteiger partial charge in [0.25, 0.3) is 0 Å². The van der Waals surface area contributed by atoms with Gasteiger partial charge in [-0.2, -0.15) is 5.10 Å². The van der Waals surface area contributed by atoms with Crippen molar-refractivity contribution in [2.45, 2.75) is 39.3 Å². The second-order valence-corrected chi connectivity index (χ2v) is 5.91. The highest BCUT2D eigenvalue weighted by Crippen LogP contribution is 2.17. The quantitative estimate of drug-likeness (QED) is 0.586. The number of aromatic nitrogens is 2. The van der Waals surface area contributed by atoms with Crippen LogP contribution in [0, 0.1) is 16.0 Å². The average molecular weight is 310 g/mol. The molecule has 0 unspecified atom stereocenters. The molecule has 1 aliphatic heterocycles. The van der Waals surface area contributed by atoms with Gasteiger partial charge in [0.1, 0.15) is 12.4 Å². The highest BCUT2D eigenvalue weighted by atomic mass is 16.6. The van der Waals surface area contributed by atoms with Crippen LogP contribution in [0.3, 0.4) is 0 Å². The summed E-state index contributed by atoms with van der Waals surface area (Å²) in [5, 5.41) is 14.5. The number of aryl methyl sites for hydroxylation is 1. The van der Waals surface area contributed by atoms with Crippen molar-refractivity contribution in [3.63, 3.8) is 0 Å². The highest BCUT2D eigenvalue weighted by molar-refractivity contribution is 5.76. The van der Waals surface area contributed by atoms with E-state index >= 15 is 0 Å². The molecular weight excluding hydrogens is 288 g/mol. The third-order valence-electron chi connectivity index (χ3n) is 3.68. The Hall–Kier alpha value is -1.96. The topological polar surface area (TPSA) is 90.5 Å². The molecule has 8 heteroatoms. The molecule has 8 nitrogen and oxygen atoms in total. The molecule has 1 aliphatic rings. The van der Waals surface area contributed by atoms with Crippen LogP contribution in [0.1, 0.15) is 26.7 Å². The number of carbonyl (C=O) groups is 1. The third kappa shape index (κ3) is 4.27. The third-order valence-corrected chi connectivity index (χ3v) is 3.68. The molecular formula is C14H22N4O4. The lowest BCUT2D eigenvalue weighted by Gasteiger charge is -2.36. The number of nitro groups is 1. The predicted octanol–water partition coefficient (Wildman–Crippen LogP) is 1.45. The summed E-state index contributed by atoms with van der Waals surface area (Å²) in [7, 11) is 0. The van der Waals surface area contributed by atoms with Crippen LogP contribution in [0.5, 0.6) is 0 Å². The van der Waals surface area contributed by atoms with Gasteiger partial charge in [-0.1, -0.05) is 13.8 Å². The standard InChI is InChI=1S/C14H22N4O4/c1-11(2)7-12-10-22-6-5-17(12)14(19)3-4-16-9-13(8-15-16)18(20)21/h8-9,11-12H,3-7,10H2,1-2H3/t12-/m1/s1. The number of ether oxygens (including phenoxy) is 1. The Labute approximate surface area is 129 Å². The lowest BCUT2D eigenvalue weighted by molar-refractivity contribution is -0.385. The van der Waals surface area contributed by atoms with Gasteiger partial charge in [0.15, 0.2) is 0 Å². The average Bonchev–Trinajstić information content (AvgIpc) is 2.94. The van der Waals surface area contributed by atoms with Crippen molar-refractivity contribution in [3.05, 3.63) is 22.5 Å². The molecule has 1 saturated heterocycles. The van der Waals surface area contributed by atoms with E-state index in [9.17, 15) is 14.9 Å². The fourth-order valence-corrected chi connectivity index (χ4v) is 2.65. The Morgan fingerprint density at radius 3 is 3.00 bits per heavy atom. The number of amides is 1. The monoisotopic (exact) mass is 310 g/mol. The molecule has 2 heterocycles. The maximum atomic E-state index is 12.4. The normalized spacial score (nSPS) is 18.7. The first-order valence-electron chi connectivity index (χ1n) is 7.51. The van der Waals surface area contributed by atoms with Crippen molar-refractivity contribution in [1.82, 2.24) is 14.7 Å². The summed E-state index contributed by atoms with van der Waals surface area (Å²) in [4.78, 5) is 24.4. The smallest absolute Gasteiger partial charge is 0.306 e. The molecule has 0 spiro atoms. The van der Waals surface area contributed by atoms with Gasteiger partial charge in [0, 0.05) is 19.5 Å². The predicted molar refractivity (Wildman–Crippen MR) is 79.3 cm³/mol. The summed E-state index contributed by atoms with van der Waals surface area (Å²) >= 11 is 0. The van der Waals surface area contributed by atoms with E-state index in [2.05, 4.69) is 18.9 Å². The zero-order valence-electron chi connectivity index (χ0n) is 13.0. The second-order valence-electron chi connectivity index (χ2n) is 5.91. The van der Waals surface area contributed by atoms with Gasteiger partial charge in [-0.3, -0.25) is 19.6 Å². The van der Waals surface area contributed by atoms with Crippen LogP contribution in [0.25, 0.3) is 0 Å². The Balaban J connectivity index is 1.90. The second kappa shape index (κ2) is 7.35. The van der Waals surface area contributed by atoms with E-state index in [1.165, 1.54) is 17.1 Å². The minimum Gasteiger partial charge on any atom is -0.377 e. The van der Waals surface area contributed by atoms with Gasteiger partial charge >= 0.3 is 5.69 Å². The molecule has 2 rings (SSSR count). The molecule has 1 aromatic heterocycles. The van der Waals surface area contributed by atoms with Crippen LogP contribution in [-0.2, 0) is 16.1 Å². The summed E-state index contributed by atoms with van der Waals surface area (Å²) < 4.78 is 6.91. The molecule has 0 bridgehead atoms. The van der Waals surface area contributed by atoms with Crippen molar-refractivity contribution in [3.8, 4) is 0 Å². The van der Waals surface area contributed by atoms with Gasteiger partial charge in [0.05, 0.1) is 24.2 Å². The van der Waals surface area contributed by atoms with E-state index in [-0.39, 0.29) is 24.1 Å². The largest absolute Gasteiger partial charge is 0.377 e.